The maximum absolute atomic E-state index is 14.8. The number of carbonyl (C=O) groups excluding carboxylic acids is 2. The average Bonchev–Trinajstić information content (AvgIpc) is 2.93. The lowest BCUT2D eigenvalue weighted by atomic mass is 10.0. The Balaban J connectivity index is 1.70. The lowest BCUT2D eigenvalue weighted by molar-refractivity contribution is -0.137. The van der Waals surface area contributed by atoms with Gasteiger partial charge in [0.15, 0.2) is 5.16 Å². The van der Waals surface area contributed by atoms with Crippen molar-refractivity contribution in [2.45, 2.75) is 31.6 Å². The second-order valence-electron chi connectivity index (χ2n) is 9.01. The molecule has 7 nitrogen and oxygen atoms in total. The van der Waals surface area contributed by atoms with Crippen molar-refractivity contribution in [3.8, 4) is 5.75 Å². The molecule has 0 aliphatic heterocycles. The van der Waals surface area contributed by atoms with Crippen molar-refractivity contribution in [2.24, 2.45) is 0 Å². The van der Waals surface area contributed by atoms with Crippen LogP contribution in [0.1, 0.15) is 28.6 Å². The van der Waals surface area contributed by atoms with Gasteiger partial charge in [-0.2, -0.15) is 0 Å². The Bertz CT molecular complexity index is 1470. The molecule has 40 heavy (non-hydrogen) atoms. The molecule has 0 fully saturated rings. The third kappa shape index (κ3) is 7.58. The van der Waals surface area contributed by atoms with Crippen molar-refractivity contribution in [1.29, 1.82) is 0 Å². The molecule has 2 amide bonds. The first kappa shape index (κ1) is 29.0. The second kappa shape index (κ2) is 13.4. The number of halogens is 2. The number of thioether (sulfide) groups is 1. The summed E-state index contributed by atoms with van der Waals surface area (Å²) in [6.07, 6.45) is 0. The zero-order chi connectivity index (χ0) is 28.6. The molecule has 1 N–H and O–H groups in total. The minimum atomic E-state index is -1.09. The molecular formula is C30H28ClFN4O3S. The molecule has 0 bridgehead atoms. The number of nitrogens with one attached hydrogen (secondary N) is 1. The predicted molar refractivity (Wildman–Crippen MR) is 155 cm³/mol. The number of rotatable bonds is 10. The van der Waals surface area contributed by atoms with Gasteiger partial charge >= 0.3 is 0 Å². The smallest absolute Gasteiger partial charge is 0.251 e. The number of carbonyl (C=O) groups is 2. The van der Waals surface area contributed by atoms with Gasteiger partial charge in [0.2, 0.25) is 5.91 Å². The van der Waals surface area contributed by atoms with E-state index in [1.54, 1.807) is 73.8 Å². The Morgan fingerprint density at radius 2 is 1.65 bits per heavy atom. The summed E-state index contributed by atoms with van der Waals surface area (Å²) in [6.45, 7) is 3.57. The van der Waals surface area contributed by atoms with Gasteiger partial charge in [-0.1, -0.05) is 53.7 Å². The number of benzene rings is 3. The van der Waals surface area contributed by atoms with E-state index in [0.29, 0.717) is 27.2 Å². The number of aryl methyl sites for hydroxylation is 2. The maximum atomic E-state index is 14.8. The van der Waals surface area contributed by atoms with Gasteiger partial charge in [0, 0.05) is 34.2 Å². The molecule has 0 saturated carbocycles. The number of nitrogens with zero attached hydrogens (tertiary/aromatic N) is 3. The van der Waals surface area contributed by atoms with Crippen LogP contribution in [-0.4, -0.2) is 39.5 Å². The highest BCUT2D eigenvalue weighted by Crippen LogP contribution is 2.29. The SMILES string of the molecule is COc1ccc(NC(=O)C(c2ccc(Cl)cc2)N(Cc2ccccc2F)C(=O)CSc2nc(C)cc(C)n2)cc1. The molecule has 1 heterocycles. The van der Waals surface area contributed by atoms with Crippen molar-refractivity contribution in [2.75, 3.05) is 18.2 Å². The second-order valence-corrected chi connectivity index (χ2v) is 10.4. The van der Waals surface area contributed by atoms with Crippen molar-refractivity contribution < 1.29 is 18.7 Å². The van der Waals surface area contributed by atoms with Crippen molar-refractivity contribution in [3.63, 3.8) is 0 Å². The van der Waals surface area contributed by atoms with Gasteiger partial charge in [0.1, 0.15) is 17.6 Å². The number of hydrogen-bond acceptors (Lipinski definition) is 6. The molecule has 3 aromatic carbocycles. The van der Waals surface area contributed by atoms with Crippen molar-refractivity contribution in [3.05, 3.63) is 112 Å². The molecule has 4 rings (SSSR count). The fourth-order valence-corrected chi connectivity index (χ4v) is 5.07. The van der Waals surface area contributed by atoms with Crippen LogP contribution in [0.5, 0.6) is 5.75 Å². The highest BCUT2D eigenvalue weighted by molar-refractivity contribution is 7.99. The minimum absolute atomic E-state index is 0.0583. The minimum Gasteiger partial charge on any atom is -0.497 e. The lowest BCUT2D eigenvalue weighted by Gasteiger charge is -2.31. The molecule has 1 atom stereocenters. The Kier molecular flexibility index (Phi) is 9.74. The first-order valence-corrected chi connectivity index (χ1v) is 13.8. The molecule has 4 aromatic rings. The van der Waals surface area contributed by atoms with Gasteiger partial charge in [0.05, 0.1) is 12.9 Å². The number of methoxy groups -OCH3 is 1. The van der Waals surface area contributed by atoms with Gasteiger partial charge in [-0.3, -0.25) is 9.59 Å². The van der Waals surface area contributed by atoms with E-state index in [1.165, 1.54) is 11.0 Å². The number of amides is 2. The van der Waals surface area contributed by atoms with E-state index < -0.39 is 17.8 Å². The zero-order valence-electron chi connectivity index (χ0n) is 22.2. The monoisotopic (exact) mass is 578 g/mol. The normalized spacial score (nSPS) is 11.5. The van der Waals surface area contributed by atoms with Crippen LogP contribution >= 0.6 is 23.4 Å². The standard InChI is InChI=1S/C30H28ClFN4O3S/c1-19-16-20(2)34-30(33-19)40-18-27(37)36(17-22-6-4-5-7-26(22)32)28(21-8-10-23(31)11-9-21)29(38)35-24-12-14-25(39-3)15-13-24/h4-16,28H,17-18H2,1-3H3,(H,35,38). The summed E-state index contributed by atoms with van der Waals surface area (Å²) in [7, 11) is 1.55. The van der Waals surface area contributed by atoms with Gasteiger partial charge in [-0.05, 0) is 67.9 Å². The summed E-state index contributed by atoms with van der Waals surface area (Å²) in [5.74, 6) is -0.757. The van der Waals surface area contributed by atoms with Crippen LogP contribution in [0.2, 0.25) is 5.02 Å². The first-order chi connectivity index (χ1) is 19.2. The fourth-order valence-electron chi connectivity index (χ4n) is 4.10. The molecule has 206 valence electrons. The van der Waals surface area contributed by atoms with Crippen LogP contribution in [0.3, 0.4) is 0 Å². The van der Waals surface area contributed by atoms with Gasteiger partial charge in [0.25, 0.3) is 5.91 Å². The quantitative estimate of drug-likeness (QED) is 0.173. The van der Waals surface area contributed by atoms with E-state index in [-0.39, 0.29) is 23.8 Å². The van der Waals surface area contributed by atoms with Crippen LogP contribution in [0.25, 0.3) is 0 Å². The highest BCUT2D eigenvalue weighted by atomic mass is 35.5. The maximum Gasteiger partial charge on any atom is 0.251 e. The predicted octanol–water partition coefficient (Wildman–Crippen LogP) is 6.40. The zero-order valence-corrected chi connectivity index (χ0v) is 23.8. The van der Waals surface area contributed by atoms with Crippen LogP contribution in [0.15, 0.2) is 84.0 Å². The molecule has 0 saturated heterocycles. The van der Waals surface area contributed by atoms with Gasteiger partial charge in [-0.15, -0.1) is 0 Å². The number of hydrogen-bond donors (Lipinski definition) is 1. The summed E-state index contributed by atoms with van der Waals surface area (Å²) in [4.78, 5) is 37.8. The third-order valence-electron chi connectivity index (χ3n) is 6.01. The van der Waals surface area contributed by atoms with Crippen molar-refractivity contribution in [1.82, 2.24) is 14.9 Å². The molecule has 1 unspecified atom stereocenters. The van der Waals surface area contributed by atoms with Crippen LogP contribution < -0.4 is 10.1 Å². The Morgan fingerprint density at radius 3 is 2.27 bits per heavy atom. The van der Waals surface area contributed by atoms with E-state index in [2.05, 4.69) is 15.3 Å². The summed E-state index contributed by atoms with van der Waals surface area (Å²) in [5.41, 5.74) is 2.88. The Labute approximate surface area is 241 Å². The summed E-state index contributed by atoms with van der Waals surface area (Å²) in [5, 5.41) is 3.81. The summed E-state index contributed by atoms with van der Waals surface area (Å²) in [6, 6.07) is 20.4. The number of ether oxygens (including phenoxy) is 1. The van der Waals surface area contributed by atoms with E-state index in [0.717, 1.165) is 23.1 Å². The topological polar surface area (TPSA) is 84.4 Å². The van der Waals surface area contributed by atoms with Crippen LogP contribution in [0.4, 0.5) is 10.1 Å². The van der Waals surface area contributed by atoms with Gasteiger partial charge < -0.3 is 15.0 Å². The molecule has 0 spiro atoms. The average molecular weight is 579 g/mol. The molecule has 0 radical (unpaired) electrons. The summed E-state index contributed by atoms with van der Waals surface area (Å²) < 4.78 is 20.0. The van der Waals surface area contributed by atoms with Gasteiger partial charge in [-0.25, -0.2) is 14.4 Å². The van der Waals surface area contributed by atoms with E-state index in [1.807, 2.05) is 19.9 Å². The Hall–Kier alpha value is -3.95. The van der Waals surface area contributed by atoms with Crippen LogP contribution in [-0.2, 0) is 16.1 Å². The van der Waals surface area contributed by atoms with E-state index >= 15 is 0 Å². The van der Waals surface area contributed by atoms with Crippen molar-refractivity contribution >= 4 is 40.9 Å². The molecule has 0 aliphatic carbocycles. The summed E-state index contributed by atoms with van der Waals surface area (Å²) >= 11 is 7.29. The molecular weight excluding hydrogens is 551 g/mol. The number of aromatic nitrogens is 2. The van der Waals surface area contributed by atoms with E-state index in [9.17, 15) is 14.0 Å². The largest absolute Gasteiger partial charge is 0.497 e. The molecule has 10 heteroatoms. The fraction of sp³-hybridized carbons (Fsp3) is 0.200. The highest BCUT2D eigenvalue weighted by Gasteiger charge is 2.32. The molecule has 1 aromatic heterocycles. The number of anilines is 1. The lowest BCUT2D eigenvalue weighted by Crippen LogP contribution is -2.42. The van der Waals surface area contributed by atoms with E-state index in [4.69, 9.17) is 16.3 Å². The molecule has 0 aliphatic rings. The Morgan fingerprint density at radius 1 is 1.00 bits per heavy atom. The first-order valence-electron chi connectivity index (χ1n) is 12.4. The van der Waals surface area contributed by atoms with Crippen LogP contribution in [0, 0.1) is 19.7 Å². The third-order valence-corrected chi connectivity index (χ3v) is 7.09.